The minimum absolute atomic E-state index is 0.0394. The summed E-state index contributed by atoms with van der Waals surface area (Å²) in [7, 11) is 1.80. The zero-order chi connectivity index (χ0) is 22.3. The summed E-state index contributed by atoms with van der Waals surface area (Å²) < 4.78 is 43.4. The number of hydrogen-bond acceptors (Lipinski definition) is 4. The highest BCUT2D eigenvalue weighted by Gasteiger charge is 2.36. The van der Waals surface area contributed by atoms with E-state index in [9.17, 15) is 18.0 Å². The Bertz CT molecular complexity index is 1270. The minimum Gasteiger partial charge on any atom is -0.348 e. The Morgan fingerprint density at radius 2 is 1.87 bits per heavy atom. The van der Waals surface area contributed by atoms with E-state index >= 15 is 0 Å². The lowest BCUT2D eigenvalue weighted by Gasteiger charge is -2.11. The van der Waals surface area contributed by atoms with Crippen molar-refractivity contribution in [2.75, 3.05) is 0 Å². The van der Waals surface area contributed by atoms with E-state index in [4.69, 9.17) is 0 Å². The summed E-state index contributed by atoms with van der Waals surface area (Å²) in [6.07, 6.45) is -3.57. The molecule has 0 saturated carbocycles. The smallest absolute Gasteiger partial charge is 0.348 e. The van der Waals surface area contributed by atoms with Crippen molar-refractivity contribution < 1.29 is 18.0 Å². The number of nitrogens with zero attached hydrogens (tertiary/aromatic N) is 5. The fourth-order valence-electron chi connectivity index (χ4n) is 3.42. The zero-order valence-corrected chi connectivity index (χ0v) is 17.0. The third-order valence-electron chi connectivity index (χ3n) is 5.16. The van der Waals surface area contributed by atoms with Gasteiger partial charge in [0.2, 0.25) is 0 Å². The molecule has 4 aromatic rings. The summed E-state index contributed by atoms with van der Waals surface area (Å²) in [5, 5.41) is 10.8. The third kappa shape index (κ3) is 3.76. The number of carbonyl (C=O) groups excluding carboxylic acids is 1. The molecule has 0 fully saturated rings. The van der Waals surface area contributed by atoms with Gasteiger partial charge in [-0.1, -0.05) is 30.3 Å². The molecule has 0 bridgehead atoms. The van der Waals surface area contributed by atoms with Crippen LogP contribution in [0.4, 0.5) is 13.2 Å². The first-order valence-corrected chi connectivity index (χ1v) is 9.45. The van der Waals surface area contributed by atoms with Gasteiger partial charge in [-0.3, -0.25) is 9.48 Å². The Balaban J connectivity index is 1.75. The predicted molar refractivity (Wildman–Crippen MR) is 107 cm³/mol. The maximum absolute atomic E-state index is 13.7. The Kier molecular flexibility index (Phi) is 5.00. The van der Waals surface area contributed by atoms with Crippen LogP contribution in [0.5, 0.6) is 0 Å². The number of hydrogen-bond donors (Lipinski definition) is 1. The van der Waals surface area contributed by atoms with E-state index in [0.717, 1.165) is 29.2 Å². The Labute approximate surface area is 175 Å². The number of rotatable bonds is 4. The first-order chi connectivity index (χ1) is 14.7. The number of carbonyl (C=O) groups is 1. The molecule has 10 heteroatoms. The van der Waals surface area contributed by atoms with Crippen molar-refractivity contribution >= 4 is 11.6 Å². The Hall–Kier alpha value is -3.69. The summed E-state index contributed by atoms with van der Waals surface area (Å²) in [4.78, 5) is 17.1. The second kappa shape index (κ2) is 7.53. The van der Waals surface area contributed by atoms with Crippen LogP contribution in [0, 0.1) is 13.8 Å². The van der Waals surface area contributed by atoms with Crippen molar-refractivity contribution in [2.24, 2.45) is 7.05 Å². The molecule has 160 valence electrons. The van der Waals surface area contributed by atoms with Crippen LogP contribution < -0.4 is 5.32 Å². The van der Waals surface area contributed by atoms with Gasteiger partial charge in [0.25, 0.3) is 5.91 Å². The fourth-order valence-corrected chi connectivity index (χ4v) is 3.42. The molecule has 0 unspecified atom stereocenters. The van der Waals surface area contributed by atoms with E-state index in [1.165, 1.54) is 0 Å². The molecule has 7 nitrogen and oxygen atoms in total. The SMILES string of the molecule is Cc1nn(C)c(C)c1CNC(=O)c1cnn2c(C(F)(F)F)cc(-c3ccccc3)nc12. The number of aromatic nitrogens is 5. The molecular formula is C21H19F3N6O. The average Bonchev–Trinajstić information content (AvgIpc) is 3.26. The number of halogens is 3. The van der Waals surface area contributed by atoms with E-state index in [-0.39, 0.29) is 23.4 Å². The molecule has 1 N–H and O–H groups in total. The molecule has 4 rings (SSSR count). The first-order valence-electron chi connectivity index (χ1n) is 9.45. The van der Waals surface area contributed by atoms with Gasteiger partial charge in [0.05, 0.1) is 17.6 Å². The van der Waals surface area contributed by atoms with Crippen molar-refractivity contribution in [1.82, 2.24) is 29.7 Å². The van der Waals surface area contributed by atoms with Gasteiger partial charge in [-0.15, -0.1) is 0 Å². The van der Waals surface area contributed by atoms with Gasteiger partial charge in [0.1, 0.15) is 5.56 Å². The third-order valence-corrected chi connectivity index (χ3v) is 5.16. The molecule has 0 aliphatic heterocycles. The number of fused-ring (bicyclic) bond motifs is 1. The molecule has 0 spiro atoms. The predicted octanol–water partition coefficient (Wildman–Crippen LogP) is 3.70. The van der Waals surface area contributed by atoms with Crippen LogP contribution in [-0.2, 0) is 19.8 Å². The number of nitrogens with one attached hydrogen (secondary N) is 1. The second-order valence-corrected chi connectivity index (χ2v) is 7.14. The summed E-state index contributed by atoms with van der Waals surface area (Å²) in [6, 6.07) is 9.41. The van der Waals surface area contributed by atoms with Crippen LogP contribution in [0.3, 0.4) is 0 Å². The molecule has 0 atom stereocenters. The van der Waals surface area contributed by atoms with E-state index in [1.807, 2.05) is 13.8 Å². The molecule has 1 amide bonds. The molecule has 3 aromatic heterocycles. The molecule has 0 saturated heterocycles. The lowest BCUT2D eigenvalue weighted by Crippen LogP contribution is -2.23. The maximum atomic E-state index is 13.7. The minimum atomic E-state index is -4.67. The van der Waals surface area contributed by atoms with E-state index < -0.39 is 17.8 Å². The standard InChI is InChI=1S/C21H19F3N6O/c1-12-15(13(2)29(3)28-12)10-25-20(31)16-11-26-30-18(21(22,23)24)9-17(27-19(16)30)14-7-5-4-6-8-14/h4-9,11H,10H2,1-3H3,(H,25,31). The highest BCUT2D eigenvalue weighted by molar-refractivity contribution is 5.99. The van der Waals surface area contributed by atoms with Gasteiger partial charge in [-0.2, -0.15) is 23.4 Å². The van der Waals surface area contributed by atoms with E-state index in [1.54, 1.807) is 42.1 Å². The lowest BCUT2D eigenvalue weighted by atomic mass is 10.1. The van der Waals surface area contributed by atoms with Gasteiger partial charge < -0.3 is 5.32 Å². The van der Waals surface area contributed by atoms with E-state index in [2.05, 4.69) is 20.5 Å². The molecular weight excluding hydrogens is 409 g/mol. The maximum Gasteiger partial charge on any atom is 0.433 e. The first kappa shape index (κ1) is 20.6. The topological polar surface area (TPSA) is 77.1 Å². The van der Waals surface area contributed by atoms with Crippen molar-refractivity contribution in [3.63, 3.8) is 0 Å². The van der Waals surface area contributed by atoms with Crippen LogP contribution in [-0.4, -0.2) is 30.3 Å². The van der Waals surface area contributed by atoms with Gasteiger partial charge >= 0.3 is 6.18 Å². The number of amides is 1. The van der Waals surface area contributed by atoms with Gasteiger partial charge in [-0.25, -0.2) is 9.50 Å². The number of alkyl halides is 3. The van der Waals surface area contributed by atoms with Crippen LogP contribution in [0.15, 0.2) is 42.6 Å². The second-order valence-electron chi connectivity index (χ2n) is 7.14. The highest BCUT2D eigenvalue weighted by atomic mass is 19.4. The molecule has 0 radical (unpaired) electrons. The average molecular weight is 428 g/mol. The van der Waals surface area contributed by atoms with Crippen molar-refractivity contribution in [3.8, 4) is 11.3 Å². The highest BCUT2D eigenvalue weighted by Crippen LogP contribution is 2.32. The lowest BCUT2D eigenvalue weighted by molar-refractivity contribution is -0.142. The van der Waals surface area contributed by atoms with Crippen molar-refractivity contribution in [1.29, 1.82) is 0 Å². The van der Waals surface area contributed by atoms with Crippen LogP contribution in [0.1, 0.15) is 33.0 Å². The monoisotopic (exact) mass is 428 g/mol. The van der Waals surface area contributed by atoms with Gasteiger partial charge in [0, 0.05) is 30.4 Å². The van der Waals surface area contributed by atoms with Crippen LogP contribution in [0.25, 0.3) is 16.9 Å². The van der Waals surface area contributed by atoms with Crippen molar-refractivity contribution in [2.45, 2.75) is 26.6 Å². The summed E-state index contributed by atoms with van der Waals surface area (Å²) >= 11 is 0. The summed E-state index contributed by atoms with van der Waals surface area (Å²) in [6.45, 7) is 3.89. The van der Waals surface area contributed by atoms with Gasteiger partial charge in [0.15, 0.2) is 11.3 Å². The normalized spacial score (nSPS) is 11.8. The summed E-state index contributed by atoms with van der Waals surface area (Å²) in [5.41, 5.74) is 1.91. The molecule has 3 heterocycles. The molecule has 0 aliphatic rings. The number of benzene rings is 1. The molecule has 31 heavy (non-hydrogen) atoms. The zero-order valence-electron chi connectivity index (χ0n) is 17.0. The Morgan fingerprint density at radius 3 is 2.48 bits per heavy atom. The van der Waals surface area contributed by atoms with Crippen LogP contribution in [0.2, 0.25) is 0 Å². The largest absolute Gasteiger partial charge is 0.433 e. The van der Waals surface area contributed by atoms with Gasteiger partial charge in [-0.05, 0) is 19.9 Å². The van der Waals surface area contributed by atoms with Crippen molar-refractivity contribution in [3.05, 3.63) is 70.8 Å². The molecule has 1 aromatic carbocycles. The van der Waals surface area contributed by atoms with E-state index in [0.29, 0.717) is 10.1 Å². The quantitative estimate of drug-likeness (QED) is 0.538. The number of aryl methyl sites for hydroxylation is 2. The molecule has 0 aliphatic carbocycles. The Morgan fingerprint density at radius 1 is 1.16 bits per heavy atom. The fraction of sp³-hybridized carbons (Fsp3) is 0.238. The summed E-state index contributed by atoms with van der Waals surface area (Å²) in [5.74, 6) is -0.566. The van der Waals surface area contributed by atoms with Crippen LogP contribution >= 0.6 is 0 Å².